The molecule has 0 rings (SSSR count). The van der Waals surface area contributed by atoms with Crippen LogP contribution in [0, 0.1) is 0 Å². The summed E-state index contributed by atoms with van der Waals surface area (Å²) in [5.41, 5.74) is 0. The van der Waals surface area contributed by atoms with Gasteiger partial charge < -0.3 is 10.2 Å². The molecule has 0 aliphatic carbocycles. The van der Waals surface area contributed by atoms with Crippen molar-refractivity contribution in [2.45, 2.75) is 58.2 Å². The van der Waals surface area contributed by atoms with Crippen LogP contribution in [0.5, 0.6) is 0 Å². The first kappa shape index (κ1) is 12.7. The maximum absolute atomic E-state index is 9.40. The van der Waals surface area contributed by atoms with Crippen LogP contribution in [0.25, 0.3) is 0 Å². The Morgan fingerprint density at radius 2 is 1.77 bits per heavy atom. The molecule has 0 aromatic rings. The van der Waals surface area contributed by atoms with Crippen molar-refractivity contribution in [2.24, 2.45) is 0 Å². The zero-order valence-corrected chi connectivity index (χ0v) is 8.74. The van der Waals surface area contributed by atoms with Gasteiger partial charge in [0.25, 0.3) is 0 Å². The summed E-state index contributed by atoms with van der Waals surface area (Å²) in [6.45, 7) is 3.85. The van der Waals surface area contributed by atoms with Crippen LogP contribution in [0.4, 0.5) is 0 Å². The van der Waals surface area contributed by atoms with Gasteiger partial charge in [-0.25, -0.2) is 0 Å². The number of rotatable bonds is 7. The first-order chi connectivity index (χ1) is 6.16. The molecule has 13 heavy (non-hydrogen) atoms. The minimum Gasteiger partial charge on any atom is -0.389 e. The van der Waals surface area contributed by atoms with Crippen LogP contribution in [-0.4, -0.2) is 22.4 Å². The van der Waals surface area contributed by atoms with Crippen molar-refractivity contribution >= 4 is 0 Å². The number of hydrogen-bond acceptors (Lipinski definition) is 2. The molecule has 0 aromatic heterocycles. The van der Waals surface area contributed by atoms with E-state index in [1.165, 1.54) is 19.3 Å². The second-order valence-corrected chi connectivity index (χ2v) is 3.54. The zero-order chi connectivity index (χ0) is 10.1. The van der Waals surface area contributed by atoms with Gasteiger partial charge in [0.15, 0.2) is 0 Å². The smallest absolute Gasteiger partial charge is 0.0721 e. The van der Waals surface area contributed by atoms with Crippen LogP contribution in [0.1, 0.15) is 46.0 Å². The lowest BCUT2D eigenvalue weighted by Crippen LogP contribution is -2.03. The molecule has 0 amide bonds. The third-order valence-corrected chi connectivity index (χ3v) is 1.97. The number of aliphatic hydroxyl groups is 2. The Kier molecular flexibility index (Phi) is 8.05. The maximum Gasteiger partial charge on any atom is 0.0721 e. The molecule has 0 heterocycles. The maximum atomic E-state index is 9.40. The molecular weight excluding hydrogens is 164 g/mol. The third kappa shape index (κ3) is 9.57. The second kappa shape index (κ2) is 8.27. The summed E-state index contributed by atoms with van der Waals surface area (Å²) in [6, 6.07) is 0. The van der Waals surface area contributed by atoms with E-state index in [1.54, 1.807) is 19.1 Å². The summed E-state index contributed by atoms with van der Waals surface area (Å²) in [5, 5.41) is 18.3. The van der Waals surface area contributed by atoms with Gasteiger partial charge in [0.2, 0.25) is 0 Å². The Morgan fingerprint density at radius 3 is 2.31 bits per heavy atom. The summed E-state index contributed by atoms with van der Waals surface area (Å²) in [6.07, 6.45) is 8.00. The number of hydrogen-bond donors (Lipinski definition) is 2. The zero-order valence-electron chi connectivity index (χ0n) is 8.74. The highest BCUT2D eigenvalue weighted by molar-refractivity contribution is 4.91. The van der Waals surface area contributed by atoms with Crippen LogP contribution in [0.3, 0.4) is 0 Å². The quantitative estimate of drug-likeness (QED) is 0.473. The molecule has 0 radical (unpaired) electrons. The summed E-state index contributed by atoms with van der Waals surface area (Å²) in [7, 11) is 0. The van der Waals surface area contributed by atoms with E-state index >= 15 is 0 Å². The van der Waals surface area contributed by atoms with Crippen molar-refractivity contribution in [1.82, 2.24) is 0 Å². The van der Waals surface area contributed by atoms with Crippen molar-refractivity contribution in [1.29, 1.82) is 0 Å². The summed E-state index contributed by atoms with van der Waals surface area (Å²) >= 11 is 0. The van der Waals surface area contributed by atoms with E-state index in [2.05, 4.69) is 6.92 Å². The predicted molar refractivity (Wildman–Crippen MR) is 55.6 cm³/mol. The third-order valence-electron chi connectivity index (χ3n) is 1.97. The molecule has 0 unspecified atom stereocenters. The lowest BCUT2D eigenvalue weighted by atomic mass is 10.1. The summed E-state index contributed by atoms with van der Waals surface area (Å²) in [4.78, 5) is 0. The summed E-state index contributed by atoms with van der Waals surface area (Å²) in [5.74, 6) is 0. The van der Waals surface area contributed by atoms with Gasteiger partial charge in [-0.2, -0.15) is 0 Å². The molecule has 0 aliphatic heterocycles. The largest absolute Gasteiger partial charge is 0.389 e. The standard InChI is InChI=1S/C11H22O2/c1-3-4-5-6-7-11(13)9-8-10(2)12/h8-13H,3-7H2,1-2H3/b9-8-/t10-,11+/m1/s1. The molecule has 0 fully saturated rings. The normalized spacial score (nSPS) is 16.3. The first-order valence-electron chi connectivity index (χ1n) is 5.21. The molecule has 0 saturated heterocycles. The molecule has 0 spiro atoms. The fraction of sp³-hybridized carbons (Fsp3) is 0.818. The van der Waals surface area contributed by atoms with Crippen molar-refractivity contribution in [2.75, 3.05) is 0 Å². The van der Waals surface area contributed by atoms with E-state index in [-0.39, 0.29) is 6.10 Å². The van der Waals surface area contributed by atoms with Crippen molar-refractivity contribution in [3.63, 3.8) is 0 Å². The van der Waals surface area contributed by atoms with Gasteiger partial charge in [-0.3, -0.25) is 0 Å². The molecule has 0 saturated carbocycles. The number of unbranched alkanes of at least 4 members (excludes halogenated alkanes) is 3. The van der Waals surface area contributed by atoms with Gasteiger partial charge in [-0.1, -0.05) is 44.8 Å². The fourth-order valence-corrected chi connectivity index (χ4v) is 1.17. The Labute approximate surface area is 81.3 Å². The highest BCUT2D eigenvalue weighted by atomic mass is 16.3. The first-order valence-corrected chi connectivity index (χ1v) is 5.21. The van der Waals surface area contributed by atoms with Crippen molar-refractivity contribution < 1.29 is 10.2 Å². The van der Waals surface area contributed by atoms with Crippen LogP contribution >= 0.6 is 0 Å². The van der Waals surface area contributed by atoms with Gasteiger partial charge in [-0.05, 0) is 13.3 Å². The molecule has 0 aliphatic rings. The van der Waals surface area contributed by atoms with Gasteiger partial charge in [0.1, 0.15) is 0 Å². The predicted octanol–water partition coefficient (Wildman–Crippen LogP) is 2.25. The Bertz CT molecular complexity index is 130. The van der Waals surface area contributed by atoms with E-state index in [4.69, 9.17) is 5.11 Å². The fourth-order valence-electron chi connectivity index (χ4n) is 1.17. The van der Waals surface area contributed by atoms with Gasteiger partial charge >= 0.3 is 0 Å². The van der Waals surface area contributed by atoms with E-state index < -0.39 is 6.10 Å². The monoisotopic (exact) mass is 186 g/mol. The lowest BCUT2D eigenvalue weighted by molar-refractivity contribution is 0.202. The molecule has 2 nitrogen and oxygen atoms in total. The van der Waals surface area contributed by atoms with Crippen LogP contribution in [-0.2, 0) is 0 Å². The van der Waals surface area contributed by atoms with Gasteiger partial charge in [0, 0.05) is 0 Å². The van der Waals surface area contributed by atoms with E-state index in [1.807, 2.05) is 0 Å². The van der Waals surface area contributed by atoms with E-state index in [9.17, 15) is 5.11 Å². The van der Waals surface area contributed by atoms with E-state index in [0.29, 0.717) is 0 Å². The van der Waals surface area contributed by atoms with E-state index in [0.717, 1.165) is 12.8 Å². The van der Waals surface area contributed by atoms with Crippen LogP contribution in [0.2, 0.25) is 0 Å². The van der Waals surface area contributed by atoms with Gasteiger partial charge in [-0.15, -0.1) is 0 Å². The molecule has 2 atom stereocenters. The Morgan fingerprint density at radius 1 is 1.08 bits per heavy atom. The minimum atomic E-state index is -0.453. The number of aliphatic hydroxyl groups excluding tert-OH is 2. The summed E-state index contributed by atoms with van der Waals surface area (Å²) < 4.78 is 0. The molecule has 2 N–H and O–H groups in total. The average Bonchev–Trinajstić information content (AvgIpc) is 2.09. The highest BCUT2D eigenvalue weighted by Crippen LogP contribution is 2.06. The molecule has 2 heteroatoms. The highest BCUT2D eigenvalue weighted by Gasteiger charge is 1.98. The van der Waals surface area contributed by atoms with Crippen LogP contribution < -0.4 is 0 Å². The van der Waals surface area contributed by atoms with Crippen molar-refractivity contribution in [3.8, 4) is 0 Å². The van der Waals surface area contributed by atoms with Crippen molar-refractivity contribution in [3.05, 3.63) is 12.2 Å². The molecule has 0 aromatic carbocycles. The second-order valence-electron chi connectivity index (χ2n) is 3.54. The van der Waals surface area contributed by atoms with Crippen LogP contribution in [0.15, 0.2) is 12.2 Å². The minimum absolute atomic E-state index is 0.383. The lowest BCUT2D eigenvalue weighted by Gasteiger charge is -2.05. The van der Waals surface area contributed by atoms with Gasteiger partial charge in [0.05, 0.1) is 12.2 Å². The molecule has 78 valence electrons. The Balaban J connectivity index is 3.34. The SMILES string of the molecule is CCCCCC[C@H](O)/C=C\[C@@H](C)O. The Hall–Kier alpha value is -0.340. The molecular formula is C11H22O2. The molecule has 0 bridgehead atoms. The topological polar surface area (TPSA) is 40.5 Å². The average molecular weight is 186 g/mol.